The molecule has 0 radical (unpaired) electrons. The first kappa shape index (κ1) is 27.1. The minimum Gasteiger partial charge on any atom is -0.310 e. The van der Waals surface area contributed by atoms with Gasteiger partial charge in [-0.15, -0.1) is 0 Å². The zero-order valence-electron chi connectivity index (χ0n) is 26.1. The van der Waals surface area contributed by atoms with Crippen molar-refractivity contribution in [1.82, 2.24) is 5.32 Å². The van der Waals surface area contributed by atoms with Gasteiger partial charge in [-0.05, 0) is 83.9 Å². The van der Waals surface area contributed by atoms with Gasteiger partial charge in [-0.1, -0.05) is 104 Å². The number of allylic oxidation sites excluding steroid dienone is 6. The Morgan fingerprint density at radius 2 is 1.61 bits per heavy atom. The van der Waals surface area contributed by atoms with E-state index in [4.69, 9.17) is 15.0 Å². The lowest BCUT2D eigenvalue weighted by atomic mass is 9.71. The molecule has 1 N–H and O–H groups in total. The molecule has 0 aromatic heterocycles. The number of nitrogens with one attached hydrogen (secondary N) is 1. The molecular formula is C41H35N5. The van der Waals surface area contributed by atoms with E-state index in [0.717, 1.165) is 41.5 Å². The molecule has 5 aliphatic rings. The maximum Gasteiger partial charge on any atom is 0.211 e. The Morgan fingerprint density at radius 3 is 2.46 bits per heavy atom. The molecule has 0 amide bonds. The standard InChI is InChI=1S/C41H35N5/c1-26-30(29-20-22-33-32(25-29)41(2)24-12-11-19-36(41)42-33)21-23-35-37(26)31-17-9-10-18-34(31)46(35)40-44-38(27-13-5-3-6-14-27)43-39(45-40)28-15-7-4-8-16-28/h3-11,13-23,25-26,37-38H,12,24H2,1-2H3,(H,43,44,45). The number of hydrogen-bond acceptors (Lipinski definition) is 5. The van der Waals surface area contributed by atoms with Crippen LogP contribution in [-0.2, 0) is 5.41 Å². The molecule has 4 aromatic rings. The van der Waals surface area contributed by atoms with Crippen LogP contribution < -0.4 is 10.2 Å². The number of amidine groups is 1. The molecule has 46 heavy (non-hydrogen) atoms. The molecule has 4 unspecified atom stereocenters. The van der Waals surface area contributed by atoms with E-state index in [-0.39, 0.29) is 23.4 Å². The van der Waals surface area contributed by atoms with E-state index < -0.39 is 0 Å². The lowest BCUT2D eigenvalue weighted by molar-refractivity contribution is 0.587. The molecule has 3 heterocycles. The fourth-order valence-electron chi connectivity index (χ4n) is 7.96. The molecule has 224 valence electrons. The number of rotatable bonds is 3. The summed E-state index contributed by atoms with van der Waals surface area (Å²) >= 11 is 0. The van der Waals surface area contributed by atoms with Crippen LogP contribution in [0.1, 0.15) is 66.6 Å². The van der Waals surface area contributed by atoms with Crippen molar-refractivity contribution in [3.8, 4) is 0 Å². The Labute approximate surface area is 270 Å². The van der Waals surface area contributed by atoms with E-state index in [2.05, 4.69) is 139 Å². The third-order valence-electron chi connectivity index (χ3n) is 10.4. The minimum absolute atomic E-state index is 0.00554. The van der Waals surface area contributed by atoms with Gasteiger partial charge in [0.05, 0.1) is 17.1 Å². The van der Waals surface area contributed by atoms with Gasteiger partial charge in [0.25, 0.3) is 0 Å². The topological polar surface area (TPSA) is 52.4 Å². The summed E-state index contributed by atoms with van der Waals surface area (Å²) in [6.45, 7) is 4.74. The van der Waals surface area contributed by atoms with Crippen molar-refractivity contribution in [3.05, 3.63) is 161 Å². The predicted octanol–water partition coefficient (Wildman–Crippen LogP) is 9.01. The maximum absolute atomic E-state index is 5.25. The van der Waals surface area contributed by atoms with E-state index in [1.165, 1.54) is 39.4 Å². The number of benzene rings is 4. The Balaban J connectivity index is 1.14. The third kappa shape index (κ3) is 4.11. The van der Waals surface area contributed by atoms with Crippen LogP contribution in [0.15, 0.2) is 148 Å². The summed E-state index contributed by atoms with van der Waals surface area (Å²) in [5.41, 5.74) is 12.2. The van der Waals surface area contributed by atoms with E-state index >= 15 is 0 Å². The first-order valence-electron chi connectivity index (χ1n) is 16.3. The van der Waals surface area contributed by atoms with Crippen LogP contribution in [0.5, 0.6) is 0 Å². The lowest BCUT2D eigenvalue weighted by Gasteiger charge is -2.33. The molecule has 0 bridgehead atoms. The van der Waals surface area contributed by atoms with Crippen LogP contribution in [-0.4, -0.2) is 17.5 Å². The van der Waals surface area contributed by atoms with Crippen molar-refractivity contribution >= 4 is 34.5 Å². The zero-order chi connectivity index (χ0) is 30.8. The summed E-state index contributed by atoms with van der Waals surface area (Å²) in [6, 6.07) is 36.4. The Hall–Kier alpha value is -5.29. The normalized spacial score (nSPS) is 25.6. The van der Waals surface area contributed by atoms with Gasteiger partial charge in [-0.3, -0.25) is 9.89 Å². The highest BCUT2D eigenvalue weighted by atomic mass is 15.4. The largest absolute Gasteiger partial charge is 0.310 e. The predicted molar refractivity (Wildman–Crippen MR) is 189 cm³/mol. The van der Waals surface area contributed by atoms with Crippen LogP contribution in [0.3, 0.4) is 0 Å². The Kier molecular flexibility index (Phi) is 6.11. The number of guanidine groups is 1. The van der Waals surface area contributed by atoms with Crippen LogP contribution in [0.4, 0.5) is 11.4 Å². The average molecular weight is 598 g/mol. The Bertz CT molecular complexity index is 2070. The molecule has 4 aromatic carbocycles. The van der Waals surface area contributed by atoms with Gasteiger partial charge in [0.15, 0.2) is 6.17 Å². The van der Waals surface area contributed by atoms with Crippen molar-refractivity contribution in [2.45, 2.75) is 44.2 Å². The fourth-order valence-corrected chi connectivity index (χ4v) is 7.96. The summed E-state index contributed by atoms with van der Waals surface area (Å²) in [5.74, 6) is 2.09. The summed E-state index contributed by atoms with van der Waals surface area (Å²) < 4.78 is 0. The van der Waals surface area contributed by atoms with Crippen molar-refractivity contribution in [2.75, 3.05) is 4.90 Å². The van der Waals surface area contributed by atoms with Gasteiger partial charge in [0, 0.05) is 22.6 Å². The average Bonchev–Trinajstić information content (AvgIpc) is 3.61. The molecule has 0 fully saturated rings. The highest BCUT2D eigenvalue weighted by molar-refractivity contribution is 6.16. The second kappa shape index (κ2) is 10.4. The van der Waals surface area contributed by atoms with E-state index in [0.29, 0.717) is 0 Å². The fraction of sp³-hybridized carbons (Fsp3) is 0.195. The smallest absolute Gasteiger partial charge is 0.211 e. The molecular weight excluding hydrogens is 562 g/mol. The minimum atomic E-state index is -0.346. The number of anilines is 1. The molecule has 0 saturated heterocycles. The molecule has 0 spiro atoms. The zero-order valence-corrected chi connectivity index (χ0v) is 26.1. The number of hydrogen-bond donors (Lipinski definition) is 1. The van der Waals surface area contributed by atoms with Gasteiger partial charge >= 0.3 is 0 Å². The summed E-state index contributed by atoms with van der Waals surface area (Å²) in [5, 5.41) is 3.65. The highest BCUT2D eigenvalue weighted by Gasteiger charge is 2.44. The lowest BCUT2D eigenvalue weighted by Crippen LogP contribution is -2.46. The monoisotopic (exact) mass is 597 g/mol. The Morgan fingerprint density at radius 1 is 0.826 bits per heavy atom. The molecule has 0 saturated carbocycles. The molecule has 3 aliphatic heterocycles. The second-order valence-corrected chi connectivity index (χ2v) is 13.1. The van der Waals surface area contributed by atoms with Gasteiger partial charge < -0.3 is 5.32 Å². The van der Waals surface area contributed by atoms with Crippen molar-refractivity contribution < 1.29 is 0 Å². The van der Waals surface area contributed by atoms with Crippen molar-refractivity contribution in [3.63, 3.8) is 0 Å². The van der Waals surface area contributed by atoms with E-state index in [1.54, 1.807) is 0 Å². The number of para-hydroxylation sites is 1. The van der Waals surface area contributed by atoms with Crippen LogP contribution in [0.2, 0.25) is 0 Å². The number of nitrogens with zero attached hydrogens (tertiary/aromatic N) is 4. The first-order valence-corrected chi connectivity index (χ1v) is 16.3. The number of fused-ring (bicyclic) bond motifs is 6. The first-order chi connectivity index (χ1) is 22.6. The van der Waals surface area contributed by atoms with Gasteiger partial charge in [0.2, 0.25) is 5.96 Å². The molecule has 5 nitrogen and oxygen atoms in total. The SMILES string of the molecule is CC1C(c2ccc3c(c2)C2(C)CCC=CC2=N3)=CC=C2C1c1ccccc1N2C1=NC(c2ccccc2)N=C(c2ccccc2)N1. The molecule has 4 atom stereocenters. The van der Waals surface area contributed by atoms with Crippen molar-refractivity contribution in [1.29, 1.82) is 0 Å². The van der Waals surface area contributed by atoms with Crippen molar-refractivity contribution in [2.24, 2.45) is 20.9 Å². The molecule has 9 rings (SSSR count). The summed E-state index contributed by atoms with van der Waals surface area (Å²) in [7, 11) is 0. The van der Waals surface area contributed by atoms with Crippen LogP contribution in [0.25, 0.3) is 5.57 Å². The maximum atomic E-state index is 5.25. The van der Waals surface area contributed by atoms with Crippen LogP contribution in [0, 0.1) is 5.92 Å². The third-order valence-corrected chi connectivity index (χ3v) is 10.4. The van der Waals surface area contributed by atoms with Gasteiger partial charge in [0.1, 0.15) is 5.84 Å². The number of aliphatic imine (C=N–C) groups is 3. The molecule has 2 aliphatic carbocycles. The highest BCUT2D eigenvalue weighted by Crippen LogP contribution is 2.54. The summed E-state index contributed by atoms with van der Waals surface area (Å²) in [4.78, 5) is 17.7. The van der Waals surface area contributed by atoms with E-state index in [1.807, 2.05) is 12.1 Å². The van der Waals surface area contributed by atoms with Gasteiger partial charge in [-0.2, -0.15) is 0 Å². The molecule has 5 heteroatoms. The summed E-state index contributed by atoms with van der Waals surface area (Å²) in [6.07, 6.45) is 11.0. The van der Waals surface area contributed by atoms with Crippen LogP contribution >= 0.6 is 0 Å². The second-order valence-electron chi connectivity index (χ2n) is 13.1. The quantitative estimate of drug-likeness (QED) is 0.256. The van der Waals surface area contributed by atoms with Gasteiger partial charge in [-0.25, -0.2) is 9.98 Å². The van der Waals surface area contributed by atoms with E-state index in [9.17, 15) is 0 Å².